The van der Waals surface area contributed by atoms with Gasteiger partial charge >= 0.3 is 0 Å². The minimum atomic E-state index is 0.0374. The Morgan fingerprint density at radius 1 is 1.39 bits per heavy atom. The third-order valence-corrected chi connectivity index (χ3v) is 2.91. The number of carbonyl (C=O) groups is 1. The van der Waals surface area contributed by atoms with Gasteiger partial charge in [0, 0.05) is 17.7 Å². The van der Waals surface area contributed by atoms with E-state index in [0.717, 1.165) is 23.2 Å². The van der Waals surface area contributed by atoms with Crippen molar-refractivity contribution in [1.29, 1.82) is 0 Å². The highest BCUT2D eigenvalue weighted by atomic mass is 16.5. The summed E-state index contributed by atoms with van der Waals surface area (Å²) in [7, 11) is 0. The third-order valence-electron chi connectivity index (χ3n) is 2.91. The standard InChI is InChI=1S/C12H12N4O2/c13-6-11-15-12(16-18-11)8-2-1-7-3-4-10(17)14-9(7)5-8/h1-2,5H,3-4,6,13H2,(H,14,17). The number of nitrogens with zero attached hydrogens (tertiary/aromatic N) is 2. The van der Waals surface area contributed by atoms with Crippen molar-refractivity contribution >= 4 is 11.6 Å². The Labute approximate surface area is 103 Å². The molecular formula is C12H12N4O2. The molecule has 1 aliphatic heterocycles. The van der Waals surface area contributed by atoms with Crippen molar-refractivity contribution in [3.8, 4) is 11.4 Å². The molecule has 0 unspecified atom stereocenters. The van der Waals surface area contributed by atoms with Gasteiger partial charge in [-0.25, -0.2) is 0 Å². The third kappa shape index (κ3) is 1.86. The molecule has 1 aromatic carbocycles. The Morgan fingerprint density at radius 3 is 3.06 bits per heavy atom. The molecule has 3 rings (SSSR count). The summed E-state index contributed by atoms with van der Waals surface area (Å²) >= 11 is 0. The lowest BCUT2D eigenvalue weighted by Crippen LogP contribution is -2.18. The Kier molecular flexibility index (Phi) is 2.56. The molecule has 0 aliphatic carbocycles. The molecular weight excluding hydrogens is 232 g/mol. The topological polar surface area (TPSA) is 94.0 Å². The summed E-state index contributed by atoms with van der Waals surface area (Å²) < 4.78 is 4.96. The van der Waals surface area contributed by atoms with Crippen LogP contribution in [-0.2, 0) is 17.8 Å². The first-order valence-corrected chi connectivity index (χ1v) is 5.72. The molecule has 18 heavy (non-hydrogen) atoms. The molecule has 0 radical (unpaired) electrons. The number of nitrogens with one attached hydrogen (secondary N) is 1. The van der Waals surface area contributed by atoms with E-state index in [2.05, 4.69) is 15.5 Å². The highest BCUT2D eigenvalue weighted by Gasteiger charge is 2.16. The van der Waals surface area contributed by atoms with Gasteiger partial charge in [-0.3, -0.25) is 4.79 Å². The van der Waals surface area contributed by atoms with Gasteiger partial charge in [0.05, 0.1) is 6.54 Å². The van der Waals surface area contributed by atoms with Crippen LogP contribution in [0.2, 0.25) is 0 Å². The fraction of sp³-hybridized carbons (Fsp3) is 0.250. The zero-order chi connectivity index (χ0) is 12.5. The SMILES string of the molecule is NCc1nc(-c2ccc3c(c2)NC(=O)CC3)no1. The Bertz CT molecular complexity index is 606. The first-order valence-electron chi connectivity index (χ1n) is 5.72. The van der Waals surface area contributed by atoms with Gasteiger partial charge in [-0.2, -0.15) is 4.98 Å². The molecule has 1 aromatic heterocycles. The van der Waals surface area contributed by atoms with Crippen molar-refractivity contribution in [1.82, 2.24) is 10.1 Å². The van der Waals surface area contributed by atoms with Crippen LogP contribution >= 0.6 is 0 Å². The smallest absolute Gasteiger partial charge is 0.240 e. The summed E-state index contributed by atoms with van der Waals surface area (Å²) in [6, 6.07) is 5.75. The lowest BCUT2D eigenvalue weighted by molar-refractivity contribution is -0.116. The number of carbonyl (C=O) groups excluding carboxylic acids is 1. The van der Waals surface area contributed by atoms with Gasteiger partial charge in [0.2, 0.25) is 17.6 Å². The number of aryl methyl sites for hydroxylation is 1. The molecule has 0 saturated carbocycles. The first-order chi connectivity index (χ1) is 8.76. The van der Waals surface area contributed by atoms with E-state index in [1.807, 2.05) is 18.2 Å². The van der Waals surface area contributed by atoms with Crippen molar-refractivity contribution in [2.24, 2.45) is 5.73 Å². The van der Waals surface area contributed by atoms with Crippen LogP contribution in [-0.4, -0.2) is 16.0 Å². The number of rotatable bonds is 2. The van der Waals surface area contributed by atoms with Crippen LogP contribution in [0.15, 0.2) is 22.7 Å². The molecule has 0 atom stereocenters. The van der Waals surface area contributed by atoms with Crippen molar-refractivity contribution < 1.29 is 9.32 Å². The molecule has 6 nitrogen and oxygen atoms in total. The number of aromatic nitrogens is 2. The first kappa shape index (κ1) is 10.9. The van der Waals surface area contributed by atoms with Crippen LogP contribution in [0, 0.1) is 0 Å². The number of benzene rings is 1. The van der Waals surface area contributed by atoms with Gasteiger partial charge in [0.25, 0.3) is 0 Å². The number of hydrogen-bond donors (Lipinski definition) is 2. The van der Waals surface area contributed by atoms with Gasteiger partial charge in [0.1, 0.15) is 0 Å². The number of nitrogens with two attached hydrogens (primary N) is 1. The molecule has 2 heterocycles. The van der Waals surface area contributed by atoms with E-state index in [9.17, 15) is 4.79 Å². The van der Waals surface area contributed by atoms with Gasteiger partial charge in [-0.15, -0.1) is 0 Å². The Balaban J connectivity index is 1.98. The predicted molar refractivity (Wildman–Crippen MR) is 64.6 cm³/mol. The second-order valence-electron chi connectivity index (χ2n) is 4.14. The highest BCUT2D eigenvalue weighted by molar-refractivity contribution is 5.94. The van der Waals surface area contributed by atoms with Crippen LogP contribution in [0.4, 0.5) is 5.69 Å². The van der Waals surface area contributed by atoms with Gasteiger partial charge in [0.15, 0.2) is 0 Å². The molecule has 2 aromatic rings. The number of hydrogen-bond acceptors (Lipinski definition) is 5. The van der Waals surface area contributed by atoms with Crippen LogP contribution in [0.25, 0.3) is 11.4 Å². The fourth-order valence-electron chi connectivity index (χ4n) is 1.97. The lowest BCUT2D eigenvalue weighted by Gasteiger charge is -2.16. The minimum absolute atomic E-state index is 0.0374. The van der Waals surface area contributed by atoms with Crippen molar-refractivity contribution in [3.63, 3.8) is 0 Å². The van der Waals surface area contributed by atoms with Gasteiger partial charge < -0.3 is 15.6 Å². The number of amides is 1. The predicted octanol–water partition coefficient (Wildman–Crippen LogP) is 1.08. The van der Waals surface area contributed by atoms with E-state index in [0.29, 0.717) is 18.1 Å². The molecule has 0 saturated heterocycles. The summed E-state index contributed by atoms with van der Waals surface area (Å²) in [5.74, 6) is 0.917. The largest absolute Gasteiger partial charge is 0.338 e. The van der Waals surface area contributed by atoms with E-state index in [1.165, 1.54) is 0 Å². The van der Waals surface area contributed by atoms with E-state index >= 15 is 0 Å². The zero-order valence-electron chi connectivity index (χ0n) is 9.64. The molecule has 0 bridgehead atoms. The van der Waals surface area contributed by atoms with Crippen LogP contribution < -0.4 is 11.1 Å². The number of fused-ring (bicyclic) bond motifs is 1. The molecule has 0 spiro atoms. The highest BCUT2D eigenvalue weighted by Crippen LogP contribution is 2.27. The van der Waals surface area contributed by atoms with Crippen molar-refractivity contribution in [2.75, 3.05) is 5.32 Å². The average Bonchev–Trinajstić information content (AvgIpc) is 2.86. The Morgan fingerprint density at radius 2 is 2.28 bits per heavy atom. The fourth-order valence-corrected chi connectivity index (χ4v) is 1.97. The van der Waals surface area contributed by atoms with Crippen molar-refractivity contribution in [3.05, 3.63) is 29.7 Å². The normalized spacial score (nSPS) is 14.2. The van der Waals surface area contributed by atoms with Crippen molar-refractivity contribution in [2.45, 2.75) is 19.4 Å². The molecule has 3 N–H and O–H groups in total. The summed E-state index contributed by atoms with van der Waals surface area (Å²) in [6.07, 6.45) is 1.30. The molecule has 1 aliphatic rings. The molecule has 6 heteroatoms. The quantitative estimate of drug-likeness (QED) is 0.824. The van der Waals surface area contributed by atoms with E-state index in [1.54, 1.807) is 0 Å². The molecule has 1 amide bonds. The minimum Gasteiger partial charge on any atom is -0.338 e. The second kappa shape index (κ2) is 4.23. The van der Waals surface area contributed by atoms with E-state index in [4.69, 9.17) is 10.3 Å². The zero-order valence-corrected chi connectivity index (χ0v) is 9.64. The lowest BCUT2D eigenvalue weighted by atomic mass is 10.0. The summed E-state index contributed by atoms with van der Waals surface area (Å²) in [6.45, 7) is 0.217. The number of anilines is 1. The van der Waals surface area contributed by atoms with E-state index in [-0.39, 0.29) is 12.5 Å². The maximum atomic E-state index is 11.3. The summed E-state index contributed by atoms with van der Waals surface area (Å²) in [5, 5.41) is 6.69. The maximum Gasteiger partial charge on any atom is 0.240 e. The summed E-state index contributed by atoms with van der Waals surface area (Å²) in [4.78, 5) is 15.5. The average molecular weight is 244 g/mol. The Hall–Kier alpha value is -2.21. The van der Waals surface area contributed by atoms with Crippen LogP contribution in [0.5, 0.6) is 0 Å². The van der Waals surface area contributed by atoms with Crippen LogP contribution in [0.1, 0.15) is 17.9 Å². The van der Waals surface area contributed by atoms with E-state index < -0.39 is 0 Å². The van der Waals surface area contributed by atoms with Gasteiger partial charge in [-0.05, 0) is 18.1 Å². The molecule has 92 valence electrons. The molecule has 0 fully saturated rings. The monoisotopic (exact) mass is 244 g/mol. The maximum absolute atomic E-state index is 11.3. The second-order valence-corrected chi connectivity index (χ2v) is 4.14. The van der Waals surface area contributed by atoms with Gasteiger partial charge in [-0.1, -0.05) is 17.3 Å². The summed E-state index contributed by atoms with van der Waals surface area (Å²) in [5.41, 5.74) is 8.17. The van der Waals surface area contributed by atoms with Crippen LogP contribution in [0.3, 0.4) is 0 Å².